The summed E-state index contributed by atoms with van der Waals surface area (Å²) in [6.07, 6.45) is 4.69. The zero-order valence-electron chi connectivity index (χ0n) is 12.4. The number of aromatic amines is 2. The summed E-state index contributed by atoms with van der Waals surface area (Å²) in [5.74, 6) is -0.0239. The van der Waals surface area contributed by atoms with Gasteiger partial charge in [-0.05, 0) is 17.5 Å². The van der Waals surface area contributed by atoms with Gasteiger partial charge in [-0.25, -0.2) is 10.4 Å². The van der Waals surface area contributed by atoms with Crippen molar-refractivity contribution in [3.05, 3.63) is 53.7 Å². The van der Waals surface area contributed by atoms with Crippen LogP contribution < -0.4 is 5.43 Å². The number of aromatic nitrogens is 3. The van der Waals surface area contributed by atoms with Gasteiger partial charge >= 0.3 is 0 Å². The number of H-pyrrole nitrogens is 2. The molecule has 3 N–H and O–H groups in total. The first-order valence-corrected chi connectivity index (χ1v) is 7.09. The third-order valence-corrected chi connectivity index (χ3v) is 3.44. The van der Waals surface area contributed by atoms with Crippen LogP contribution >= 0.6 is 0 Å². The van der Waals surface area contributed by atoms with Gasteiger partial charge in [0.2, 0.25) is 0 Å². The predicted molar refractivity (Wildman–Crippen MR) is 86.0 cm³/mol. The standard InChI is InChI=1S/C16H17N5O/c1-10(2)14-12-5-3-4-6-13(12)20-15(14)16(22)21-19-8-11-7-17-9-18-11/h3-10,20H,1-2H3,(H,17,18)(H,21,22)/b19-8+. The van der Waals surface area contributed by atoms with E-state index >= 15 is 0 Å². The highest BCUT2D eigenvalue weighted by Gasteiger charge is 2.19. The maximum absolute atomic E-state index is 12.4. The largest absolute Gasteiger partial charge is 0.350 e. The van der Waals surface area contributed by atoms with E-state index in [1.807, 2.05) is 24.3 Å². The van der Waals surface area contributed by atoms with Crippen molar-refractivity contribution in [1.29, 1.82) is 0 Å². The number of carbonyl (C=O) groups excluding carboxylic acids is 1. The lowest BCUT2D eigenvalue weighted by molar-refractivity contribution is 0.0949. The van der Waals surface area contributed by atoms with Gasteiger partial charge in [0, 0.05) is 10.9 Å². The molecular formula is C16H17N5O. The molecule has 0 unspecified atom stereocenters. The fourth-order valence-corrected chi connectivity index (χ4v) is 2.50. The summed E-state index contributed by atoms with van der Waals surface area (Å²) < 4.78 is 0. The number of hydrogen-bond acceptors (Lipinski definition) is 3. The minimum atomic E-state index is -0.254. The Labute approximate surface area is 127 Å². The van der Waals surface area contributed by atoms with E-state index in [1.54, 1.807) is 12.5 Å². The summed E-state index contributed by atoms with van der Waals surface area (Å²) in [6.45, 7) is 4.14. The SMILES string of the molecule is CC(C)c1c(C(=O)N/N=C/c2cnc[nH]2)[nH]c2ccccc12. The van der Waals surface area contributed by atoms with Crippen LogP contribution in [0.2, 0.25) is 0 Å². The number of fused-ring (bicyclic) bond motifs is 1. The van der Waals surface area contributed by atoms with Crippen molar-refractivity contribution in [2.75, 3.05) is 0 Å². The number of amides is 1. The molecule has 1 amide bonds. The highest BCUT2D eigenvalue weighted by molar-refractivity contribution is 6.01. The summed E-state index contributed by atoms with van der Waals surface area (Å²) >= 11 is 0. The number of para-hydroxylation sites is 1. The molecule has 2 heterocycles. The molecule has 0 radical (unpaired) electrons. The van der Waals surface area contributed by atoms with E-state index in [0.717, 1.165) is 22.2 Å². The van der Waals surface area contributed by atoms with E-state index in [1.165, 1.54) is 6.21 Å². The monoisotopic (exact) mass is 295 g/mol. The lowest BCUT2D eigenvalue weighted by atomic mass is 9.99. The van der Waals surface area contributed by atoms with Crippen LogP contribution in [0, 0.1) is 0 Å². The molecule has 2 aromatic heterocycles. The van der Waals surface area contributed by atoms with E-state index in [0.29, 0.717) is 5.69 Å². The van der Waals surface area contributed by atoms with Gasteiger partial charge in [-0.3, -0.25) is 4.79 Å². The molecule has 0 saturated heterocycles. The third-order valence-electron chi connectivity index (χ3n) is 3.44. The van der Waals surface area contributed by atoms with E-state index in [-0.39, 0.29) is 11.8 Å². The lowest BCUT2D eigenvalue weighted by Crippen LogP contribution is -2.19. The van der Waals surface area contributed by atoms with Crippen molar-refractivity contribution >= 4 is 23.0 Å². The first kappa shape index (κ1) is 14.1. The number of benzene rings is 1. The fraction of sp³-hybridized carbons (Fsp3) is 0.188. The molecule has 6 heteroatoms. The van der Waals surface area contributed by atoms with E-state index in [9.17, 15) is 4.79 Å². The Balaban J connectivity index is 1.88. The number of imidazole rings is 1. The van der Waals surface area contributed by atoms with E-state index in [2.05, 4.69) is 39.3 Å². The third kappa shape index (κ3) is 2.63. The Morgan fingerprint density at radius 3 is 2.91 bits per heavy atom. The second-order valence-corrected chi connectivity index (χ2v) is 5.32. The van der Waals surface area contributed by atoms with Crippen LogP contribution in [0.15, 0.2) is 41.9 Å². The maximum atomic E-state index is 12.4. The Hall–Kier alpha value is -2.89. The topological polar surface area (TPSA) is 85.9 Å². The zero-order chi connectivity index (χ0) is 15.5. The van der Waals surface area contributed by atoms with Gasteiger partial charge in [-0.2, -0.15) is 5.10 Å². The number of rotatable bonds is 4. The Morgan fingerprint density at radius 2 is 2.18 bits per heavy atom. The molecule has 0 bridgehead atoms. The van der Waals surface area contributed by atoms with Crippen LogP contribution in [-0.2, 0) is 0 Å². The first-order chi connectivity index (χ1) is 10.7. The summed E-state index contributed by atoms with van der Waals surface area (Å²) in [6, 6.07) is 7.90. The molecule has 0 fully saturated rings. The smallest absolute Gasteiger partial charge is 0.288 e. The highest BCUT2D eigenvalue weighted by atomic mass is 16.2. The summed E-state index contributed by atoms with van der Waals surface area (Å²) in [4.78, 5) is 22.3. The second-order valence-electron chi connectivity index (χ2n) is 5.32. The molecule has 0 saturated carbocycles. The Bertz CT molecular complexity index is 814. The summed E-state index contributed by atoms with van der Waals surface area (Å²) in [5, 5.41) is 5.01. The molecule has 112 valence electrons. The van der Waals surface area contributed by atoms with Crippen molar-refractivity contribution in [3.63, 3.8) is 0 Å². The van der Waals surface area contributed by atoms with Crippen molar-refractivity contribution in [3.8, 4) is 0 Å². The van der Waals surface area contributed by atoms with Crippen molar-refractivity contribution in [2.24, 2.45) is 5.10 Å². The average molecular weight is 295 g/mol. The number of hydrogen-bond donors (Lipinski definition) is 3. The van der Waals surface area contributed by atoms with Crippen molar-refractivity contribution in [1.82, 2.24) is 20.4 Å². The Morgan fingerprint density at radius 1 is 1.36 bits per heavy atom. The molecule has 0 spiro atoms. The molecule has 0 aliphatic carbocycles. The fourth-order valence-electron chi connectivity index (χ4n) is 2.50. The highest BCUT2D eigenvalue weighted by Crippen LogP contribution is 2.28. The molecule has 0 aliphatic heterocycles. The summed E-state index contributed by atoms with van der Waals surface area (Å²) in [5.41, 5.74) is 5.78. The molecule has 22 heavy (non-hydrogen) atoms. The van der Waals surface area contributed by atoms with Crippen molar-refractivity contribution < 1.29 is 4.79 Å². The van der Waals surface area contributed by atoms with Gasteiger partial charge in [-0.1, -0.05) is 32.0 Å². The van der Waals surface area contributed by atoms with Crippen LogP contribution in [0.4, 0.5) is 0 Å². The molecule has 6 nitrogen and oxygen atoms in total. The van der Waals surface area contributed by atoms with Gasteiger partial charge in [0.05, 0.1) is 24.4 Å². The average Bonchev–Trinajstić information content (AvgIpc) is 3.13. The van der Waals surface area contributed by atoms with Gasteiger partial charge < -0.3 is 9.97 Å². The maximum Gasteiger partial charge on any atom is 0.288 e. The lowest BCUT2D eigenvalue weighted by Gasteiger charge is -2.06. The summed E-state index contributed by atoms with van der Waals surface area (Å²) in [7, 11) is 0. The minimum absolute atomic E-state index is 0.230. The van der Waals surface area contributed by atoms with E-state index in [4.69, 9.17) is 0 Å². The van der Waals surface area contributed by atoms with Gasteiger partial charge in [-0.15, -0.1) is 0 Å². The van der Waals surface area contributed by atoms with Gasteiger partial charge in [0.15, 0.2) is 0 Å². The number of nitrogens with one attached hydrogen (secondary N) is 3. The van der Waals surface area contributed by atoms with Crippen LogP contribution in [0.1, 0.15) is 41.5 Å². The number of nitrogens with zero attached hydrogens (tertiary/aromatic N) is 2. The van der Waals surface area contributed by atoms with Crippen molar-refractivity contribution in [2.45, 2.75) is 19.8 Å². The zero-order valence-corrected chi connectivity index (χ0v) is 12.4. The molecule has 0 atom stereocenters. The van der Waals surface area contributed by atoms with Gasteiger partial charge in [0.25, 0.3) is 5.91 Å². The first-order valence-electron chi connectivity index (χ1n) is 7.09. The van der Waals surface area contributed by atoms with Crippen LogP contribution in [0.3, 0.4) is 0 Å². The Kier molecular flexibility index (Phi) is 3.74. The second kappa shape index (κ2) is 5.85. The van der Waals surface area contributed by atoms with E-state index < -0.39 is 0 Å². The molecule has 3 rings (SSSR count). The van der Waals surface area contributed by atoms with Gasteiger partial charge in [0.1, 0.15) is 5.69 Å². The number of carbonyl (C=O) groups is 1. The molecule has 1 aromatic carbocycles. The number of hydrazone groups is 1. The van der Waals surface area contributed by atoms with Crippen LogP contribution in [0.25, 0.3) is 10.9 Å². The molecular weight excluding hydrogens is 278 g/mol. The normalized spacial score (nSPS) is 11.6. The minimum Gasteiger partial charge on any atom is -0.350 e. The quantitative estimate of drug-likeness (QED) is 0.510. The molecule has 3 aromatic rings. The molecule has 0 aliphatic rings. The predicted octanol–water partition coefficient (Wildman–Crippen LogP) is 2.78. The van der Waals surface area contributed by atoms with Crippen LogP contribution in [-0.4, -0.2) is 27.1 Å². The van der Waals surface area contributed by atoms with Crippen LogP contribution in [0.5, 0.6) is 0 Å².